The van der Waals surface area contributed by atoms with Crippen LogP contribution in [0.2, 0.25) is 0 Å². The highest BCUT2D eigenvalue weighted by molar-refractivity contribution is 5.94. The lowest BCUT2D eigenvalue weighted by atomic mass is 9.80. The molecule has 4 unspecified atom stereocenters. The summed E-state index contributed by atoms with van der Waals surface area (Å²) in [5.74, 6) is 1.52. The van der Waals surface area contributed by atoms with Crippen molar-refractivity contribution in [2.75, 3.05) is 13.1 Å². The highest BCUT2D eigenvalue weighted by Crippen LogP contribution is 2.32. The van der Waals surface area contributed by atoms with Gasteiger partial charge in [-0.25, -0.2) is 4.98 Å². The summed E-state index contributed by atoms with van der Waals surface area (Å²) in [7, 11) is 0. The Morgan fingerprint density at radius 2 is 2.21 bits per heavy atom. The Morgan fingerprint density at radius 3 is 2.83 bits per heavy atom. The van der Waals surface area contributed by atoms with Gasteiger partial charge in [-0.15, -0.1) is 0 Å². The van der Waals surface area contributed by atoms with E-state index >= 15 is 0 Å². The van der Waals surface area contributed by atoms with Crippen molar-refractivity contribution in [3.8, 4) is 11.7 Å². The van der Waals surface area contributed by atoms with Gasteiger partial charge in [-0.2, -0.15) is 0 Å². The number of rotatable bonds is 4. The molecule has 5 rings (SSSR count). The second-order valence-corrected chi connectivity index (χ2v) is 6.66. The van der Waals surface area contributed by atoms with Gasteiger partial charge in [0.15, 0.2) is 6.39 Å². The summed E-state index contributed by atoms with van der Waals surface area (Å²) in [6.07, 6.45) is 5.16. The fourth-order valence-electron chi connectivity index (χ4n) is 3.76. The molecule has 1 N–H and O–H groups in total. The van der Waals surface area contributed by atoms with E-state index in [4.69, 9.17) is 9.15 Å². The number of carbonyl (C=O) groups is 1. The van der Waals surface area contributed by atoms with Crippen LogP contribution in [0.1, 0.15) is 30.1 Å². The Morgan fingerprint density at radius 1 is 1.38 bits per heavy atom. The molecular weight excluding hydrogens is 306 g/mol. The smallest absolute Gasteiger partial charge is 0.310 e. The van der Waals surface area contributed by atoms with Gasteiger partial charge in [0.2, 0.25) is 0 Å². The second-order valence-electron chi connectivity index (χ2n) is 6.66. The normalized spacial score (nSPS) is 28.5. The van der Waals surface area contributed by atoms with E-state index in [-0.39, 0.29) is 11.9 Å². The minimum atomic E-state index is -0.0207. The molecule has 3 saturated heterocycles. The zero-order valence-corrected chi connectivity index (χ0v) is 13.6. The Kier molecular flexibility index (Phi) is 3.98. The maximum absolute atomic E-state index is 12.5. The lowest BCUT2D eigenvalue weighted by molar-refractivity contribution is 0.0274. The van der Waals surface area contributed by atoms with Gasteiger partial charge < -0.3 is 14.5 Å². The minimum Gasteiger partial charge on any atom is -0.425 e. The van der Waals surface area contributed by atoms with Crippen molar-refractivity contribution >= 4 is 5.91 Å². The summed E-state index contributed by atoms with van der Waals surface area (Å²) in [5.41, 5.74) is 0.643. The van der Waals surface area contributed by atoms with Gasteiger partial charge in [-0.05, 0) is 56.5 Å². The fourth-order valence-corrected chi connectivity index (χ4v) is 3.76. The van der Waals surface area contributed by atoms with Crippen LogP contribution in [-0.4, -0.2) is 41.0 Å². The van der Waals surface area contributed by atoms with E-state index in [0.717, 1.165) is 13.1 Å². The number of ether oxygens (including phenoxy) is 1. The van der Waals surface area contributed by atoms with Gasteiger partial charge in [0.1, 0.15) is 11.9 Å². The first-order valence-electron chi connectivity index (χ1n) is 8.40. The van der Waals surface area contributed by atoms with Crippen LogP contribution in [0, 0.1) is 5.92 Å². The van der Waals surface area contributed by atoms with Crippen LogP contribution in [-0.2, 0) is 0 Å². The Bertz CT molecular complexity index is 699. The molecule has 3 aliphatic heterocycles. The van der Waals surface area contributed by atoms with Crippen molar-refractivity contribution in [3.05, 3.63) is 42.4 Å². The van der Waals surface area contributed by atoms with E-state index in [2.05, 4.69) is 22.1 Å². The zero-order valence-electron chi connectivity index (χ0n) is 13.6. The van der Waals surface area contributed by atoms with Gasteiger partial charge in [-0.3, -0.25) is 9.69 Å². The van der Waals surface area contributed by atoms with Gasteiger partial charge >= 0.3 is 5.95 Å². The summed E-state index contributed by atoms with van der Waals surface area (Å²) in [5, 5.41) is 3.20. The third-order valence-electron chi connectivity index (χ3n) is 5.12. The molecule has 1 aromatic heterocycles. The van der Waals surface area contributed by atoms with Crippen LogP contribution in [0.25, 0.3) is 0 Å². The third-order valence-corrected chi connectivity index (χ3v) is 5.12. The van der Waals surface area contributed by atoms with E-state index in [1.807, 2.05) is 0 Å². The number of amides is 1. The number of nitrogens with zero attached hydrogens (tertiary/aromatic N) is 2. The number of aromatic nitrogens is 1. The van der Waals surface area contributed by atoms with E-state index in [1.54, 1.807) is 24.3 Å². The van der Waals surface area contributed by atoms with E-state index in [0.29, 0.717) is 29.2 Å². The van der Waals surface area contributed by atoms with Crippen molar-refractivity contribution in [2.24, 2.45) is 5.92 Å². The summed E-state index contributed by atoms with van der Waals surface area (Å²) in [6.45, 7) is 4.40. The SMILES string of the molecule is CC1CC2CCN1CC2NC(=O)c1ccc(Oc2cnco2)cc1. The van der Waals surface area contributed by atoms with Crippen molar-refractivity contribution in [3.63, 3.8) is 0 Å². The molecule has 4 atom stereocenters. The highest BCUT2D eigenvalue weighted by Gasteiger charge is 2.38. The quantitative estimate of drug-likeness (QED) is 0.935. The molecule has 3 aliphatic rings. The number of nitrogens with one attached hydrogen (secondary N) is 1. The first kappa shape index (κ1) is 15.2. The standard InChI is InChI=1S/C18H21N3O3/c1-12-8-14-6-7-21(12)10-16(14)20-18(22)13-2-4-15(5-3-13)24-17-9-19-11-23-17/h2-5,9,11-12,14,16H,6-8,10H2,1H3,(H,20,22). The average molecular weight is 327 g/mol. The molecule has 126 valence electrons. The van der Waals surface area contributed by atoms with Gasteiger partial charge in [-0.1, -0.05) is 0 Å². The lowest BCUT2D eigenvalue weighted by Crippen LogP contribution is -2.60. The van der Waals surface area contributed by atoms with Crippen molar-refractivity contribution in [1.29, 1.82) is 0 Å². The predicted molar refractivity (Wildman–Crippen MR) is 88.0 cm³/mol. The van der Waals surface area contributed by atoms with E-state index < -0.39 is 0 Å². The predicted octanol–water partition coefficient (Wildman–Crippen LogP) is 2.68. The van der Waals surface area contributed by atoms with Crippen LogP contribution < -0.4 is 10.1 Å². The molecule has 24 heavy (non-hydrogen) atoms. The summed E-state index contributed by atoms with van der Waals surface area (Å²) in [6, 6.07) is 7.96. The molecule has 2 aromatic rings. The van der Waals surface area contributed by atoms with Crippen LogP contribution in [0.15, 0.2) is 41.3 Å². The largest absolute Gasteiger partial charge is 0.425 e. The summed E-state index contributed by atoms with van der Waals surface area (Å²) >= 11 is 0. The monoisotopic (exact) mass is 327 g/mol. The molecule has 0 aliphatic carbocycles. The van der Waals surface area contributed by atoms with Crippen LogP contribution in [0.5, 0.6) is 11.7 Å². The third kappa shape index (κ3) is 3.01. The first-order valence-corrected chi connectivity index (χ1v) is 8.40. The highest BCUT2D eigenvalue weighted by atomic mass is 16.6. The molecule has 0 saturated carbocycles. The molecule has 4 heterocycles. The molecule has 1 amide bonds. The topological polar surface area (TPSA) is 67.6 Å². The molecule has 6 nitrogen and oxygen atoms in total. The molecule has 3 fully saturated rings. The van der Waals surface area contributed by atoms with Gasteiger partial charge in [0, 0.05) is 24.2 Å². The molecule has 6 heteroatoms. The minimum absolute atomic E-state index is 0.0207. The maximum Gasteiger partial charge on any atom is 0.310 e. The molecule has 0 radical (unpaired) electrons. The maximum atomic E-state index is 12.5. The fraction of sp³-hybridized carbons (Fsp3) is 0.444. The number of hydrogen-bond donors (Lipinski definition) is 1. The number of carbonyl (C=O) groups excluding carboxylic acids is 1. The molecule has 0 spiro atoms. The van der Waals surface area contributed by atoms with Crippen LogP contribution >= 0.6 is 0 Å². The van der Waals surface area contributed by atoms with Crippen LogP contribution in [0.3, 0.4) is 0 Å². The Hall–Kier alpha value is -2.34. The number of oxazole rings is 1. The zero-order chi connectivity index (χ0) is 16.5. The Labute approximate surface area is 140 Å². The first-order chi connectivity index (χ1) is 11.7. The van der Waals surface area contributed by atoms with Gasteiger partial charge in [0.25, 0.3) is 5.91 Å². The van der Waals surface area contributed by atoms with Crippen molar-refractivity contribution < 1.29 is 13.9 Å². The van der Waals surface area contributed by atoms with Gasteiger partial charge in [0.05, 0.1) is 0 Å². The average Bonchev–Trinajstić information content (AvgIpc) is 3.09. The molecule has 2 bridgehead atoms. The number of piperidine rings is 3. The van der Waals surface area contributed by atoms with E-state index in [9.17, 15) is 4.79 Å². The summed E-state index contributed by atoms with van der Waals surface area (Å²) in [4.78, 5) is 18.8. The molecular formula is C18H21N3O3. The van der Waals surface area contributed by atoms with Crippen LogP contribution in [0.4, 0.5) is 0 Å². The number of fused-ring (bicyclic) bond motifs is 3. The Balaban J connectivity index is 1.38. The summed E-state index contributed by atoms with van der Waals surface area (Å²) < 4.78 is 10.5. The molecule has 1 aromatic carbocycles. The number of hydrogen-bond acceptors (Lipinski definition) is 5. The second kappa shape index (κ2) is 6.28. The van der Waals surface area contributed by atoms with Crippen molar-refractivity contribution in [2.45, 2.75) is 31.8 Å². The van der Waals surface area contributed by atoms with E-state index in [1.165, 1.54) is 25.4 Å². The number of benzene rings is 1. The van der Waals surface area contributed by atoms with Crippen molar-refractivity contribution in [1.82, 2.24) is 15.2 Å². The lowest BCUT2D eigenvalue weighted by Gasteiger charge is -2.48.